The number of nitrogens with zero attached hydrogens (tertiary/aromatic N) is 1. The number of rotatable bonds is 3. The first kappa shape index (κ1) is 16.2. The van der Waals surface area contributed by atoms with E-state index in [-0.39, 0.29) is 11.8 Å². The fourth-order valence-corrected chi connectivity index (χ4v) is 3.39. The zero-order valence-electron chi connectivity index (χ0n) is 14.3. The highest BCUT2D eigenvalue weighted by molar-refractivity contribution is 6.07. The third kappa shape index (κ3) is 2.80. The van der Waals surface area contributed by atoms with Crippen molar-refractivity contribution < 1.29 is 9.59 Å². The standard InChI is InChI=1S/C20H22N2O2/c1-4-15-10-7-8-13(2)19(15)21-20(24)18-12-16-9-5-6-11-17(16)22(18)14(3)23/h5-11,18H,4,12H2,1-3H3,(H,21,24). The first-order valence-corrected chi connectivity index (χ1v) is 8.30. The molecule has 2 aromatic carbocycles. The maximum Gasteiger partial charge on any atom is 0.247 e. The fourth-order valence-electron chi connectivity index (χ4n) is 3.39. The van der Waals surface area contributed by atoms with Gasteiger partial charge in [-0.2, -0.15) is 0 Å². The number of nitrogens with one attached hydrogen (secondary N) is 1. The second-order valence-electron chi connectivity index (χ2n) is 6.19. The SMILES string of the molecule is CCc1cccc(C)c1NC(=O)C1Cc2ccccc2N1C(C)=O. The van der Waals surface area contributed by atoms with E-state index in [4.69, 9.17) is 0 Å². The minimum Gasteiger partial charge on any atom is -0.324 e. The lowest BCUT2D eigenvalue weighted by atomic mass is 10.0. The molecule has 0 radical (unpaired) electrons. The molecule has 1 atom stereocenters. The molecule has 0 saturated carbocycles. The van der Waals surface area contributed by atoms with E-state index in [9.17, 15) is 9.59 Å². The Kier molecular flexibility index (Phi) is 4.38. The van der Waals surface area contributed by atoms with Crippen LogP contribution < -0.4 is 10.2 Å². The van der Waals surface area contributed by atoms with E-state index in [1.165, 1.54) is 6.92 Å². The highest BCUT2D eigenvalue weighted by Gasteiger charge is 2.36. The van der Waals surface area contributed by atoms with Crippen molar-refractivity contribution in [3.05, 3.63) is 59.2 Å². The third-order valence-electron chi connectivity index (χ3n) is 4.61. The molecule has 0 saturated heterocycles. The summed E-state index contributed by atoms with van der Waals surface area (Å²) in [6.07, 6.45) is 1.40. The molecule has 0 aliphatic carbocycles. The van der Waals surface area contributed by atoms with Gasteiger partial charge < -0.3 is 5.32 Å². The summed E-state index contributed by atoms with van der Waals surface area (Å²) >= 11 is 0. The van der Waals surface area contributed by atoms with Gasteiger partial charge in [0.05, 0.1) is 0 Å². The van der Waals surface area contributed by atoms with Crippen LogP contribution in [-0.2, 0) is 22.4 Å². The number of anilines is 2. The van der Waals surface area contributed by atoms with Crippen molar-refractivity contribution in [1.82, 2.24) is 0 Å². The van der Waals surface area contributed by atoms with E-state index in [0.29, 0.717) is 6.42 Å². The van der Waals surface area contributed by atoms with Gasteiger partial charge in [-0.05, 0) is 36.1 Å². The minimum absolute atomic E-state index is 0.111. The summed E-state index contributed by atoms with van der Waals surface area (Å²) in [6, 6.07) is 13.2. The number of hydrogen-bond acceptors (Lipinski definition) is 2. The maximum absolute atomic E-state index is 12.9. The molecular weight excluding hydrogens is 300 g/mol. The van der Waals surface area contributed by atoms with Gasteiger partial charge in [0.2, 0.25) is 11.8 Å². The summed E-state index contributed by atoms with van der Waals surface area (Å²) in [4.78, 5) is 26.6. The lowest BCUT2D eigenvalue weighted by Crippen LogP contribution is -2.44. The molecule has 1 unspecified atom stereocenters. The molecular formula is C20H22N2O2. The van der Waals surface area contributed by atoms with Crippen molar-refractivity contribution in [1.29, 1.82) is 0 Å². The number of aryl methyl sites for hydroxylation is 2. The Hall–Kier alpha value is -2.62. The van der Waals surface area contributed by atoms with Gasteiger partial charge in [0.25, 0.3) is 0 Å². The third-order valence-corrected chi connectivity index (χ3v) is 4.61. The van der Waals surface area contributed by atoms with Crippen molar-refractivity contribution in [2.75, 3.05) is 10.2 Å². The highest BCUT2D eigenvalue weighted by Crippen LogP contribution is 2.33. The van der Waals surface area contributed by atoms with Crippen LogP contribution in [0, 0.1) is 6.92 Å². The van der Waals surface area contributed by atoms with Crippen molar-refractivity contribution in [2.24, 2.45) is 0 Å². The second kappa shape index (κ2) is 6.48. The van der Waals surface area contributed by atoms with E-state index in [0.717, 1.165) is 34.5 Å². The average molecular weight is 322 g/mol. The quantitative estimate of drug-likeness (QED) is 0.940. The molecule has 24 heavy (non-hydrogen) atoms. The van der Waals surface area contributed by atoms with E-state index in [2.05, 4.69) is 12.2 Å². The van der Waals surface area contributed by atoms with Crippen molar-refractivity contribution in [3.8, 4) is 0 Å². The van der Waals surface area contributed by atoms with Crippen LogP contribution in [-0.4, -0.2) is 17.9 Å². The predicted molar refractivity (Wildman–Crippen MR) is 96.3 cm³/mol. The normalized spacial score (nSPS) is 16.0. The van der Waals surface area contributed by atoms with Gasteiger partial charge in [0.1, 0.15) is 6.04 Å². The molecule has 1 heterocycles. The van der Waals surface area contributed by atoms with Gasteiger partial charge in [-0.25, -0.2) is 0 Å². The Morgan fingerprint density at radius 3 is 2.62 bits per heavy atom. The zero-order chi connectivity index (χ0) is 17.3. The Labute approximate surface area is 142 Å². The Morgan fingerprint density at radius 2 is 1.92 bits per heavy atom. The van der Waals surface area contributed by atoms with Crippen molar-refractivity contribution >= 4 is 23.2 Å². The topological polar surface area (TPSA) is 49.4 Å². The molecule has 0 fully saturated rings. The molecule has 1 aliphatic heterocycles. The molecule has 2 aromatic rings. The molecule has 1 N–H and O–H groups in total. The fraction of sp³-hybridized carbons (Fsp3) is 0.300. The number of hydrogen-bond donors (Lipinski definition) is 1. The Balaban J connectivity index is 1.90. The molecule has 4 nitrogen and oxygen atoms in total. The molecule has 124 valence electrons. The average Bonchev–Trinajstić information content (AvgIpc) is 2.96. The van der Waals surface area contributed by atoms with Crippen LogP contribution in [0.5, 0.6) is 0 Å². The van der Waals surface area contributed by atoms with Crippen LogP contribution in [0.2, 0.25) is 0 Å². The molecule has 0 aromatic heterocycles. The van der Waals surface area contributed by atoms with Gasteiger partial charge in [0, 0.05) is 24.7 Å². The number of carbonyl (C=O) groups excluding carboxylic acids is 2. The van der Waals surface area contributed by atoms with Gasteiger partial charge in [-0.1, -0.05) is 43.3 Å². The first-order valence-electron chi connectivity index (χ1n) is 8.30. The van der Waals surface area contributed by atoms with Crippen LogP contribution in [0.4, 0.5) is 11.4 Å². The van der Waals surface area contributed by atoms with Crippen LogP contribution in [0.1, 0.15) is 30.5 Å². The smallest absolute Gasteiger partial charge is 0.247 e. The molecule has 1 aliphatic rings. The summed E-state index contributed by atoms with van der Waals surface area (Å²) in [5.41, 5.74) is 4.88. The van der Waals surface area contributed by atoms with Crippen LogP contribution in [0.15, 0.2) is 42.5 Å². The minimum atomic E-state index is -0.496. The van der Waals surface area contributed by atoms with Gasteiger partial charge in [-0.3, -0.25) is 14.5 Å². The monoisotopic (exact) mass is 322 g/mol. The molecule has 0 spiro atoms. The summed E-state index contributed by atoms with van der Waals surface area (Å²) < 4.78 is 0. The predicted octanol–water partition coefficient (Wildman–Crippen LogP) is 3.47. The number of para-hydroxylation sites is 2. The summed E-state index contributed by atoms with van der Waals surface area (Å²) in [6.45, 7) is 5.56. The van der Waals surface area contributed by atoms with Crippen LogP contribution >= 0.6 is 0 Å². The largest absolute Gasteiger partial charge is 0.324 e. The lowest BCUT2D eigenvalue weighted by Gasteiger charge is -2.24. The number of amides is 2. The number of fused-ring (bicyclic) bond motifs is 1. The van der Waals surface area contributed by atoms with Crippen molar-refractivity contribution in [2.45, 2.75) is 39.7 Å². The summed E-state index contributed by atoms with van der Waals surface area (Å²) in [7, 11) is 0. The van der Waals surface area contributed by atoms with E-state index in [1.807, 2.05) is 49.4 Å². The first-order chi connectivity index (χ1) is 11.5. The summed E-state index contributed by atoms with van der Waals surface area (Å²) in [5.74, 6) is -0.244. The van der Waals surface area contributed by atoms with E-state index in [1.54, 1.807) is 4.90 Å². The van der Waals surface area contributed by atoms with E-state index >= 15 is 0 Å². The number of benzene rings is 2. The van der Waals surface area contributed by atoms with Gasteiger partial charge in [-0.15, -0.1) is 0 Å². The molecule has 2 amide bonds. The molecule has 0 bridgehead atoms. The Morgan fingerprint density at radius 1 is 1.17 bits per heavy atom. The van der Waals surface area contributed by atoms with E-state index < -0.39 is 6.04 Å². The lowest BCUT2D eigenvalue weighted by molar-refractivity contribution is -0.122. The summed E-state index contributed by atoms with van der Waals surface area (Å²) in [5, 5.41) is 3.06. The maximum atomic E-state index is 12.9. The zero-order valence-corrected chi connectivity index (χ0v) is 14.3. The second-order valence-corrected chi connectivity index (χ2v) is 6.19. The van der Waals surface area contributed by atoms with Crippen molar-refractivity contribution in [3.63, 3.8) is 0 Å². The van der Waals surface area contributed by atoms with Gasteiger partial charge in [0.15, 0.2) is 0 Å². The number of carbonyl (C=O) groups is 2. The molecule has 4 heteroatoms. The van der Waals surface area contributed by atoms with Gasteiger partial charge >= 0.3 is 0 Å². The molecule has 3 rings (SSSR count). The highest BCUT2D eigenvalue weighted by atomic mass is 16.2. The van der Waals surface area contributed by atoms with Crippen LogP contribution in [0.3, 0.4) is 0 Å². The Bertz CT molecular complexity index is 798. The van der Waals surface area contributed by atoms with Crippen LogP contribution in [0.25, 0.3) is 0 Å².